The van der Waals surface area contributed by atoms with Crippen LogP contribution in [0, 0.1) is 6.92 Å². The largest absolute Gasteiger partial charge is 0.477 e. The summed E-state index contributed by atoms with van der Waals surface area (Å²) >= 11 is 0.652. The third-order valence-electron chi connectivity index (χ3n) is 2.06. The molecule has 1 aromatic heterocycles. The molecule has 0 aromatic carbocycles. The Hall–Kier alpha value is -1.45. The molecule has 0 saturated heterocycles. The SMILES string of the molecule is CNC(=O)CNS(=O)(=O)c1cc(C)c(C(=O)O)s1. The maximum Gasteiger partial charge on any atom is 0.346 e. The lowest BCUT2D eigenvalue weighted by atomic mass is 10.3. The molecule has 1 rings (SSSR count). The average Bonchev–Trinajstić information content (AvgIpc) is 2.69. The van der Waals surface area contributed by atoms with E-state index in [2.05, 4.69) is 10.0 Å². The van der Waals surface area contributed by atoms with Crippen molar-refractivity contribution in [2.24, 2.45) is 0 Å². The first-order valence-electron chi connectivity index (χ1n) is 4.82. The number of hydrogen-bond acceptors (Lipinski definition) is 5. The van der Waals surface area contributed by atoms with E-state index in [1.807, 2.05) is 0 Å². The molecule has 0 unspecified atom stereocenters. The number of rotatable bonds is 5. The van der Waals surface area contributed by atoms with Crippen LogP contribution in [-0.4, -0.2) is 39.0 Å². The highest BCUT2D eigenvalue weighted by atomic mass is 32.2. The lowest BCUT2D eigenvalue weighted by molar-refractivity contribution is -0.119. The summed E-state index contributed by atoms with van der Waals surface area (Å²) in [5.41, 5.74) is 0.368. The highest BCUT2D eigenvalue weighted by Crippen LogP contribution is 2.25. The molecule has 0 fully saturated rings. The fourth-order valence-corrected chi connectivity index (χ4v) is 3.52. The summed E-state index contributed by atoms with van der Waals surface area (Å²) in [4.78, 5) is 21.7. The third kappa shape index (κ3) is 3.28. The minimum absolute atomic E-state index is 0.0321. The van der Waals surface area contributed by atoms with Crippen LogP contribution in [0.1, 0.15) is 15.2 Å². The van der Waals surface area contributed by atoms with E-state index in [0.717, 1.165) is 0 Å². The molecule has 3 N–H and O–H groups in total. The smallest absolute Gasteiger partial charge is 0.346 e. The number of thiophene rings is 1. The van der Waals surface area contributed by atoms with Crippen LogP contribution in [0.25, 0.3) is 0 Å². The molecular weight excluding hydrogens is 280 g/mol. The molecule has 0 bridgehead atoms. The van der Waals surface area contributed by atoms with Crippen LogP contribution in [0.2, 0.25) is 0 Å². The van der Waals surface area contributed by atoms with Gasteiger partial charge >= 0.3 is 5.97 Å². The first kappa shape index (κ1) is 14.6. The van der Waals surface area contributed by atoms with E-state index < -0.39 is 28.4 Å². The summed E-state index contributed by atoms with van der Waals surface area (Å²) in [7, 11) is -2.47. The topological polar surface area (TPSA) is 113 Å². The number of carboxylic acid groups (broad SMARTS) is 1. The van der Waals surface area contributed by atoms with E-state index in [0.29, 0.717) is 16.9 Å². The van der Waals surface area contributed by atoms with Crippen molar-refractivity contribution in [1.82, 2.24) is 10.0 Å². The Balaban J connectivity index is 2.95. The molecule has 100 valence electrons. The van der Waals surface area contributed by atoms with Gasteiger partial charge in [-0.15, -0.1) is 11.3 Å². The van der Waals surface area contributed by atoms with Gasteiger partial charge in [-0.25, -0.2) is 17.9 Å². The fourth-order valence-electron chi connectivity index (χ4n) is 1.12. The van der Waals surface area contributed by atoms with Gasteiger partial charge in [0.15, 0.2) is 0 Å². The van der Waals surface area contributed by atoms with Crippen molar-refractivity contribution in [1.29, 1.82) is 0 Å². The van der Waals surface area contributed by atoms with Gasteiger partial charge in [0.2, 0.25) is 5.91 Å². The molecule has 0 radical (unpaired) electrons. The summed E-state index contributed by atoms with van der Waals surface area (Å²) in [5, 5.41) is 11.1. The van der Waals surface area contributed by atoms with Gasteiger partial charge in [0.05, 0.1) is 6.54 Å². The van der Waals surface area contributed by atoms with Gasteiger partial charge in [0.25, 0.3) is 10.0 Å². The van der Waals surface area contributed by atoms with E-state index >= 15 is 0 Å². The molecule has 0 aliphatic carbocycles. The Morgan fingerprint density at radius 3 is 2.50 bits per heavy atom. The summed E-state index contributed by atoms with van der Waals surface area (Å²) < 4.78 is 25.5. The zero-order valence-electron chi connectivity index (χ0n) is 9.68. The quantitative estimate of drug-likeness (QED) is 0.694. The number of likely N-dealkylation sites (N-methyl/N-ethyl adjacent to an activating group) is 1. The normalized spacial score (nSPS) is 11.2. The van der Waals surface area contributed by atoms with Crippen molar-refractivity contribution in [3.63, 3.8) is 0 Å². The standard InChI is InChI=1S/C9H12N2O5S2/c1-5-3-7(17-8(5)9(13)14)18(15,16)11-4-6(12)10-2/h3,11H,4H2,1-2H3,(H,10,12)(H,13,14). The lowest BCUT2D eigenvalue weighted by Crippen LogP contribution is -2.34. The van der Waals surface area contributed by atoms with E-state index in [1.165, 1.54) is 20.0 Å². The van der Waals surface area contributed by atoms with Gasteiger partial charge in [0, 0.05) is 7.05 Å². The Kier molecular flexibility index (Phi) is 4.43. The van der Waals surface area contributed by atoms with Crippen LogP contribution < -0.4 is 10.0 Å². The molecule has 1 heterocycles. The number of carbonyl (C=O) groups is 2. The second-order valence-electron chi connectivity index (χ2n) is 3.38. The molecule has 0 aliphatic rings. The second kappa shape index (κ2) is 5.46. The van der Waals surface area contributed by atoms with Gasteiger partial charge in [-0.3, -0.25) is 4.79 Å². The number of aryl methyl sites for hydroxylation is 1. The van der Waals surface area contributed by atoms with Gasteiger partial charge in [-0.1, -0.05) is 0 Å². The second-order valence-corrected chi connectivity index (χ2v) is 6.43. The molecule has 7 nitrogen and oxygen atoms in total. The predicted octanol–water partition coefficient (Wildman–Crippen LogP) is -0.221. The molecular formula is C9H12N2O5S2. The number of amides is 1. The zero-order valence-corrected chi connectivity index (χ0v) is 11.3. The number of nitrogens with one attached hydrogen (secondary N) is 2. The first-order valence-corrected chi connectivity index (χ1v) is 7.12. The van der Waals surface area contributed by atoms with E-state index in [1.54, 1.807) is 0 Å². The van der Waals surface area contributed by atoms with Crippen LogP contribution in [0.5, 0.6) is 0 Å². The monoisotopic (exact) mass is 292 g/mol. The van der Waals surface area contributed by atoms with E-state index in [4.69, 9.17) is 5.11 Å². The minimum atomic E-state index is -3.86. The Morgan fingerprint density at radius 2 is 2.06 bits per heavy atom. The molecule has 0 spiro atoms. The molecule has 0 aliphatic heterocycles. The number of sulfonamides is 1. The fraction of sp³-hybridized carbons (Fsp3) is 0.333. The van der Waals surface area contributed by atoms with Crippen LogP contribution >= 0.6 is 11.3 Å². The van der Waals surface area contributed by atoms with Crippen molar-refractivity contribution in [2.75, 3.05) is 13.6 Å². The van der Waals surface area contributed by atoms with E-state index in [9.17, 15) is 18.0 Å². The average molecular weight is 292 g/mol. The highest BCUT2D eigenvalue weighted by molar-refractivity contribution is 7.91. The van der Waals surface area contributed by atoms with Crippen molar-refractivity contribution in [2.45, 2.75) is 11.1 Å². The minimum Gasteiger partial charge on any atom is -0.477 e. The van der Waals surface area contributed by atoms with Crippen molar-refractivity contribution >= 4 is 33.2 Å². The van der Waals surface area contributed by atoms with Crippen molar-refractivity contribution in [3.05, 3.63) is 16.5 Å². The molecule has 1 aromatic rings. The van der Waals surface area contributed by atoms with Crippen LogP contribution in [0.4, 0.5) is 0 Å². The molecule has 0 saturated carbocycles. The number of carbonyl (C=O) groups excluding carboxylic acids is 1. The molecule has 9 heteroatoms. The van der Waals surface area contributed by atoms with Gasteiger partial charge in [-0.05, 0) is 18.6 Å². The first-order chi connectivity index (χ1) is 8.27. The Morgan fingerprint density at radius 1 is 1.44 bits per heavy atom. The van der Waals surface area contributed by atoms with Gasteiger partial charge in [0.1, 0.15) is 9.09 Å². The third-order valence-corrected chi connectivity index (χ3v) is 5.16. The summed E-state index contributed by atoms with van der Waals surface area (Å²) in [6.07, 6.45) is 0. The Bertz CT molecular complexity index is 576. The number of hydrogen-bond donors (Lipinski definition) is 3. The number of carboxylic acids is 1. The predicted molar refractivity (Wildman–Crippen MR) is 65.3 cm³/mol. The van der Waals surface area contributed by atoms with E-state index in [-0.39, 0.29) is 9.09 Å². The lowest BCUT2D eigenvalue weighted by Gasteiger charge is -2.02. The maximum atomic E-state index is 11.8. The highest BCUT2D eigenvalue weighted by Gasteiger charge is 2.21. The Labute approximate surface area is 108 Å². The summed E-state index contributed by atoms with van der Waals surface area (Å²) in [5.74, 6) is -1.66. The van der Waals surface area contributed by atoms with Crippen molar-refractivity contribution in [3.8, 4) is 0 Å². The van der Waals surface area contributed by atoms with Crippen molar-refractivity contribution < 1.29 is 23.1 Å². The maximum absolute atomic E-state index is 11.8. The zero-order chi connectivity index (χ0) is 13.9. The van der Waals surface area contributed by atoms with Gasteiger partial charge < -0.3 is 10.4 Å². The van der Waals surface area contributed by atoms with Crippen LogP contribution in [-0.2, 0) is 14.8 Å². The summed E-state index contributed by atoms with van der Waals surface area (Å²) in [6, 6.07) is 1.26. The van der Waals surface area contributed by atoms with Crippen LogP contribution in [0.3, 0.4) is 0 Å². The van der Waals surface area contributed by atoms with Gasteiger partial charge in [-0.2, -0.15) is 0 Å². The van der Waals surface area contributed by atoms with Crippen LogP contribution in [0.15, 0.2) is 10.3 Å². The number of aromatic carboxylic acids is 1. The molecule has 1 amide bonds. The summed E-state index contributed by atoms with van der Waals surface area (Å²) in [6.45, 7) is 1.12. The molecule has 18 heavy (non-hydrogen) atoms. The molecule has 0 atom stereocenters.